The topological polar surface area (TPSA) is 98.7 Å². The summed E-state index contributed by atoms with van der Waals surface area (Å²) >= 11 is 0. The van der Waals surface area contributed by atoms with E-state index in [0.29, 0.717) is 5.56 Å². The molecule has 1 fully saturated rings. The number of carbonyl (C=O) groups excluding carboxylic acids is 2. The Morgan fingerprint density at radius 2 is 1.32 bits per heavy atom. The van der Waals surface area contributed by atoms with Crippen molar-refractivity contribution in [2.45, 2.75) is 18.5 Å². The van der Waals surface area contributed by atoms with Crippen molar-refractivity contribution in [1.29, 1.82) is 0 Å². The first-order valence-corrected chi connectivity index (χ1v) is 4.87. The van der Waals surface area contributed by atoms with Crippen molar-refractivity contribution in [3.8, 4) is 0 Å². The summed E-state index contributed by atoms with van der Waals surface area (Å²) in [5.74, 6) is -3.28. The zero-order chi connectivity index (χ0) is 12.4. The number of hydrogen-bond donors (Lipinski definition) is 0. The third kappa shape index (κ3) is 4.54. The molecule has 8 heteroatoms. The Kier molecular flexibility index (Phi) is 8.42. The largest absolute Gasteiger partial charge is 1.00 e. The molecule has 1 aromatic carbocycles. The van der Waals surface area contributed by atoms with Crippen LogP contribution in [0.25, 0.3) is 0 Å². The molecule has 19 heavy (non-hydrogen) atoms. The van der Waals surface area contributed by atoms with Crippen molar-refractivity contribution >= 4 is 11.9 Å². The Morgan fingerprint density at radius 1 is 0.895 bits per heavy atom. The molecule has 0 spiro atoms. The van der Waals surface area contributed by atoms with Gasteiger partial charge in [-0.3, -0.25) is 0 Å². The molecule has 1 saturated heterocycles. The van der Waals surface area contributed by atoms with Crippen LogP contribution >= 0.6 is 0 Å². The van der Waals surface area contributed by atoms with Gasteiger partial charge in [-0.25, -0.2) is 0 Å². The molecule has 0 bridgehead atoms. The van der Waals surface area contributed by atoms with E-state index in [1.54, 1.807) is 30.3 Å². The molecule has 2 rings (SSSR count). The van der Waals surface area contributed by atoms with Gasteiger partial charge < -0.3 is 29.3 Å². The summed E-state index contributed by atoms with van der Waals surface area (Å²) in [5, 5.41) is 21.4. The van der Waals surface area contributed by atoms with Crippen molar-refractivity contribution in [2.24, 2.45) is 0 Å². The van der Waals surface area contributed by atoms with E-state index in [1.807, 2.05) is 0 Å². The van der Waals surface area contributed by atoms with Gasteiger partial charge in [0.25, 0.3) is 0 Å². The summed E-state index contributed by atoms with van der Waals surface area (Å²) in [4.78, 5) is 21.4. The van der Waals surface area contributed by atoms with Crippen LogP contribution in [0.1, 0.15) is 11.9 Å². The minimum absolute atomic E-state index is 0. The number of carboxylic acid groups (broad SMARTS) is 2. The Morgan fingerprint density at radius 3 is 1.68 bits per heavy atom. The fourth-order valence-corrected chi connectivity index (χ4v) is 1.57. The maximum absolute atomic E-state index is 10.7. The predicted molar refractivity (Wildman–Crippen MR) is 48.9 cm³/mol. The fourth-order valence-electron chi connectivity index (χ4n) is 1.57. The van der Waals surface area contributed by atoms with E-state index in [4.69, 9.17) is 9.47 Å². The van der Waals surface area contributed by atoms with Gasteiger partial charge in [0, 0.05) is 5.56 Å². The molecule has 1 heterocycles. The molecule has 0 N–H and O–H groups in total. The summed E-state index contributed by atoms with van der Waals surface area (Å²) < 4.78 is 9.96. The number of carbonyl (C=O) groups is 2. The van der Waals surface area contributed by atoms with Crippen LogP contribution < -0.4 is 69.3 Å². The van der Waals surface area contributed by atoms with Gasteiger partial charge in [0.15, 0.2) is 6.29 Å². The molecule has 1 aromatic rings. The summed E-state index contributed by atoms with van der Waals surface area (Å²) in [5.41, 5.74) is 0.530. The third-order valence-electron chi connectivity index (χ3n) is 2.35. The van der Waals surface area contributed by atoms with E-state index < -0.39 is 30.4 Å². The molecule has 2 atom stereocenters. The average molecular weight is 282 g/mol. The monoisotopic (exact) mass is 282 g/mol. The van der Waals surface area contributed by atoms with Crippen molar-refractivity contribution in [1.82, 2.24) is 0 Å². The SMILES string of the molecule is O=C([O-])C1OC(c2ccccc2)OC1C(=O)[O-].[Na+].[Na+]. The molecular weight excluding hydrogens is 274 g/mol. The number of carboxylic acids is 2. The van der Waals surface area contributed by atoms with E-state index in [-0.39, 0.29) is 59.1 Å². The first-order chi connectivity index (χ1) is 8.09. The Balaban J connectivity index is 0.00000162. The fraction of sp³-hybridized carbons (Fsp3) is 0.273. The van der Waals surface area contributed by atoms with Crippen molar-refractivity contribution in [3.63, 3.8) is 0 Å². The number of hydrogen-bond acceptors (Lipinski definition) is 6. The molecule has 90 valence electrons. The van der Waals surface area contributed by atoms with Gasteiger partial charge in [-0.15, -0.1) is 0 Å². The molecule has 0 aliphatic carbocycles. The molecule has 6 nitrogen and oxygen atoms in total. The number of benzene rings is 1. The van der Waals surface area contributed by atoms with E-state index in [9.17, 15) is 19.8 Å². The summed E-state index contributed by atoms with van der Waals surface area (Å²) in [6.07, 6.45) is -4.36. The maximum atomic E-state index is 10.7. The quantitative estimate of drug-likeness (QED) is 0.511. The second kappa shape index (κ2) is 8.39. The minimum atomic E-state index is -1.66. The van der Waals surface area contributed by atoms with E-state index in [1.165, 1.54) is 0 Å². The van der Waals surface area contributed by atoms with Crippen LogP contribution in [0.2, 0.25) is 0 Å². The van der Waals surface area contributed by atoms with Gasteiger partial charge in [0.05, 0.1) is 11.9 Å². The minimum Gasteiger partial charge on any atom is -0.547 e. The molecule has 0 amide bonds. The molecule has 0 saturated carbocycles. The normalized spacial score (nSPS) is 24.9. The third-order valence-corrected chi connectivity index (χ3v) is 2.35. The molecule has 0 aromatic heterocycles. The zero-order valence-corrected chi connectivity index (χ0v) is 14.6. The summed E-state index contributed by atoms with van der Waals surface area (Å²) in [7, 11) is 0. The van der Waals surface area contributed by atoms with Crippen LogP contribution in [0.4, 0.5) is 0 Å². The van der Waals surface area contributed by atoms with Gasteiger partial charge in [0.2, 0.25) is 0 Å². The summed E-state index contributed by atoms with van der Waals surface area (Å²) in [6.45, 7) is 0. The zero-order valence-electron chi connectivity index (χ0n) is 10.6. The molecule has 0 radical (unpaired) electrons. The van der Waals surface area contributed by atoms with Gasteiger partial charge in [-0.05, 0) is 0 Å². The number of rotatable bonds is 3. The molecule has 2 unspecified atom stereocenters. The smallest absolute Gasteiger partial charge is 0.547 e. The van der Waals surface area contributed by atoms with Crippen LogP contribution in [0.5, 0.6) is 0 Å². The Labute approximate surface area is 153 Å². The van der Waals surface area contributed by atoms with Crippen LogP contribution in [-0.2, 0) is 19.1 Å². The summed E-state index contributed by atoms with van der Waals surface area (Å²) in [6, 6.07) is 8.42. The molecule has 1 aliphatic heterocycles. The average Bonchev–Trinajstić information content (AvgIpc) is 2.75. The molecule has 1 aliphatic rings. The standard InChI is InChI=1S/C11H10O6.2Na/c12-9(13)7-8(10(14)15)17-11(16-7)6-4-2-1-3-5-6;;/h1-5,7-8,11H,(H,12,13)(H,14,15);;/q;2*+1/p-2. The van der Waals surface area contributed by atoms with Gasteiger partial charge in [-0.1, -0.05) is 30.3 Å². The second-order valence-electron chi connectivity index (χ2n) is 3.49. The van der Waals surface area contributed by atoms with Crippen LogP contribution in [-0.4, -0.2) is 24.1 Å². The van der Waals surface area contributed by atoms with Gasteiger partial charge >= 0.3 is 59.1 Å². The number of aliphatic carboxylic acids is 2. The Hall–Kier alpha value is 0.0800. The second-order valence-corrected chi connectivity index (χ2v) is 3.49. The first-order valence-electron chi connectivity index (χ1n) is 4.87. The maximum Gasteiger partial charge on any atom is 1.00 e. The van der Waals surface area contributed by atoms with Crippen LogP contribution in [0.3, 0.4) is 0 Å². The van der Waals surface area contributed by atoms with Gasteiger partial charge in [0.1, 0.15) is 12.2 Å². The molecular formula is C11H8Na2O6. The van der Waals surface area contributed by atoms with E-state index in [0.717, 1.165) is 0 Å². The predicted octanol–water partition coefficient (Wildman–Crippen LogP) is -8.02. The van der Waals surface area contributed by atoms with Gasteiger partial charge in [-0.2, -0.15) is 0 Å². The van der Waals surface area contributed by atoms with Crippen LogP contribution in [0, 0.1) is 0 Å². The van der Waals surface area contributed by atoms with Crippen LogP contribution in [0.15, 0.2) is 30.3 Å². The Bertz CT molecular complexity index is 416. The number of ether oxygens (including phenoxy) is 2. The van der Waals surface area contributed by atoms with Crippen molar-refractivity contribution in [3.05, 3.63) is 35.9 Å². The van der Waals surface area contributed by atoms with Crippen molar-refractivity contribution in [2.75, 3.05) is 0 Å². The van der Waals surface area contributed by atoms with Crippen molar-refractivity contribution < 1.29 is 88.4 Å². The van der Waals surface area contributed by atoms with E-state index >= 15 is 0 Å². The first kappa shape index (κ1) is 19.1. The van der Waals surface area contributed by atoms with E-state index in [2.05, 4.69) is 0 Å².